The minimum Gasteiger partial charge on any atom is -0.310 e. The molecule has 5 nitrogen and oxygen atoms in total. The lowest BCUT2D eigenvalue weighted by atomic mass is 10.2. The summed E-state index contributed by atoms with van der Waals surface area (Å²) >= 11 is 1.59. The third-order valence-corrected chi connectivity index (χ3v) is 5.77. The second-order valence-electron chi connectivity index (χ2n) is 6.77. The van der Waals surface area contributed by atoms with E-state index in [1.54, 1.807) is 16.8 Å². The lowest BCUT2D eigenvalue weighted by molar-refractivity contribution is 0.102. The van der Waals surface area contributed by atoms with Gasteiger partial charge in [0.1, 0.15) is 5.69 Å². The van der Waals surface area contributed by atoms with Crippen LogP contribution in [0.25, 0.3) is 11.0 Å². The summed E-state index contributed by atoms with van der Waals surface area (Å²) in [5.74, 6) is 1.75. The van der Waals surface area contributed by atoms with Gasteiger partial charge in [-0.1, -0.05) is 12.1 Å². The molecular formula is C18H18N4OS. The number of imidazole rings is 1. The number of carbonyl (C=O) groups excluding carboxylic acids is 1. The molecular weight excluding hydrogens is 320 g/mol. The van der Waals surface area contributed by atoms with Gasteiger partial charge < -0.3 is 4.57 Å². The van der Waals surface area contributed by atoms with E-state index in [2.05, 4.69) is 25.9 Å². The quantitative estimate of drug-likeness (QED) is 0.764. The third kappa shape index (κ3) is 2.51. The number of hydrogen-bond donors (Lipinski definition) is 1. The van der Waals surface area contributed by atoms with E-state index in [1.165, 1.54) is 25.7 Å². The SMILES string of the molecule is O=C(Nc1nc2ccccc2n1CC1CC1)c1ncsc1C1CC1. The average Bonchev–Trinajstić information content (AvgIpc) is 3.51. The zero-order valence-corrected chi connectivity index (χ0v) is 14.1. The summed E-state index contributed by atoms with van der Waals surface area (Å²) in [7, 11) is 0. The van der Waals surface area contributed by atoms with Gasteiger partial charge in [0.15, 0.2) is 0 Å². The maximum Gasteiger partial charge on any atom is 0.277 e. The molecule has 5 rings (SSSR count). The molecule has 6 heteroatoms. The molecule has 3 aromatic rings. The van der Waals surface area contributed by atoms with Crippen molar-refractivity contribution in [2.45, 2.75) is 38.1 Å². The molecule has 24 heavy (non-hydrogen) atoms. The first-order valence-electron chi connectivity index (χ1n) is 8.49. The number of rotatable bonds is 5. The lowest BCUT2D eigenvalue weighted by Gasteiger charge is -2.09. The van der Waals surface area contributed by atoms with Crippen LogP contribution in [0.15, 0.2) is 29.8 Å². The molecule has 0 saturated heterocycles. The number of para-hydroxylation sites is 2. The molecule has 2 aliphatic carbocycles. The number of carbonyl (C=O) groups is 1. The van der Waals surface area contributed by atoms with Crippen LogP contribution in [0, 0.1) is 5.92 Å². The number of amides is 1. The van der Waals surface area contributed by atoms with Crippen LogP contribution in [0.5, 0.6) is 0 Å². The number of thiazole rings is 1. The van der Waals surface area contributed by atoms with Crippen LogP contribution in [-0.2, 0) is 6.54 Å². The second kappa shape index (κ2) is 5.41. The largest absolute Gasteiger partial charge is 0.310 e. The highest BCUT2D eigenvalue weighted by Crippen LogP contribution is 2.43. The molecule has 0 atom stereocenters. The summed E-state index contributed by atoms with van der Waals surface area (Å²) in [6, 6.07) is 8.06. The Morgan fingerprint density at radius 1 is 1.25 bits per heavy atom. The van der Waals surface area contributed by atoms with Crippen molar-refractivity contribution in [3.05, 3.63) is 40.3 Å². The van der Waals surface area contributed by atoms with Gasteiger partial charge in [0.2, 0.25) is 5.95 Å². The minimum atomic E-state index is -0.134. The fourth-order valence-electron chi connectivity index (χ4n) is 3.14. The van der Waals surface area contributed by atoms with Crippen molar-refractivity contribution in [3.8, 4) is 0 Å². The van der Waals surface area contributed by atoms with Gasteiger partial charge >= 0.3 is 0 Å². The molecule has 0 radical (unpaired) electrons. The Hall–Kier alpha value is -2.21. The van der Waals surface area contributed by atoms with E-state index in [0.717, 1.165) is 22.5 Å². The Bertz CT molecular complexity index is 920. The van der Waals surface area contributed by atoms with Crippen molar-refractivity contribution in [1.82, 2.24) is 14.5 Å². The molecule has 0 aliphatic heterocycles. The number of anilines is 1. The van der Waals surface area contributed by atoms with Crippen LogP contribution in [0.3, 0.4) is 0 Å². The molecule has 122 valence electrons. The smallest absolute Gasteiger partial charge is 0.277 e. The van der Waals surface area contributed by atoms with Crippen molar-refractivity contribution in [3.63, 3.8) is 0 Å². The lowest BCUT2D eigenvalue weighted by Crippen LogP contribution is -2.18. The fraction of sp³-hybridized carbons (Fsp3) is 0.389. The predicted octanol–water partition coefficient (Wildman–Crippen LogP) is 4.03. The topological polar surface area (TPSA) is 59.8 Å². The Kier molecular flexibility index (Phi) is 3.19. The highest BCUT2D eigenvalue weighted by atomic mass is 32.1. The molecule has 2 aliphatic rings. The van der Waals surface area contributed by atoms with Gasteiger partial charge in [0.25, 0.3) is 5.91 Å². The van der Waals surface area contributed by atoms with Gasteiger partial charge in [-0.25, -0.2) is 9.97 Å². The first-order chi connectivity index (χ1) is 11.8. The molecule has 1 amide bonds. The first-order valence-corrected chi connectivity index (χ1v) is 9.37. The number of benzene rings is 1. The summed E-state index contributed by atoms with van der Waals surface area (Å²) in [4.78, 5) is 22.8. The summed E-state index contributed by atoms with van der Waals surface area (Å²) < 4.78 is 2.15. The van der Waals surface area contributed by atoms with Crippen molar-refractivity contribution in [1.29, 1.82) is 0 Å². The number of fused-ring (bicyclic) bond motifs is 1. The maximum absolute atomic E-state index is 12.7. The van der Waals surface area contributed by atoms with Gasteiger partial charge in [-0.2, -0.15) is 0 Å². The molecule has 2 fully saturated rings. The van der Waals surface area contributed by atoms with Crippen molar-refractivity contribution >= 4 is 34.2 Å². The molecule has 2 aromatic heterocycles. The molecule has 2 saturated carbocycles. The standard InChI is InChI=1S/C18H18N4OS/c23-17(15-16(12-7-8-12)24-10-19-15)21-18-20-13-3-1-2-4-14(13)22(18)9-11-5-6-11/h1-4,10-12H,5-9H2,(H,20,21,23). The molecule has 0 spiro atoms. The second-order valence-corrected chi connectivity index (χ2v) is 7.66. The Balaban J connectivity index is 1.49. The van der Waals surface area contributed by atoms with Crippen LogP contribution in [-0.4, -0.2) is 20.4 Å². The van der Waals surface area contributed by atoms with E-state index >= 15 is 0 Å². The van der Waals surface area contributed by atoms with Gasteiger partial charge in [0, 0.05) is 11.4 Å². The third-order valence-electron chi connectivity index (χ3n) is 4.78. The highest BCUT2D eigenvalue weighted by Gasteiger charge is 2.31. The molecule has 0 unspecified atom stereocenters. The van der Waals surface area contributed by atoms with Crippen LogP contribution in [0.2, 0.25) is 0 Å². The monoisotopic (exact) mass is 338 g/mol. The molecule has 1 N–H and O–H groups in total. The minimum absolute atomic E-state index is 0.134. The number of hydrogen-bond acceptors (Lipinski definition) is 4. The number of nitrogens with one attached hydrogen (secondary N) is 1. The van der Waals surface area contributed by atoms with Crippen molar-refractivity contribution in [2.24, 2.45) is 5.92 Å². The van der Waals surface area contributed by atoms with Crippen LogP contribution >= 0.6 is 11.3 Å². The van der Waals surface area contributed by atoms with E-state index in [0.29, 0.717) is 23.5 Å². The summed E-state index contributed by atoms with van der Waals surface area (Å²) in [5, 5.41) is 3.02. The Morgan fingerprint density at radius 3 is 2.88 bits per heavy atom. The average molecular weight is 338 g/mol. The van der Waals surface area contributed by atoms with Crippen LogP contribution in [0.4, 0.5) is 5.95 Å². The van der Waals surface area contributed by atoms with Gasteiger partial charge in [0.05, 0.1) is 16.5 Å². The fourth-order valence-corrected chi connectivity index (χ4v) is 4.09. The summed E-state index contributed by atoms with van der Waals surface area (Å²) in [6.45, 7) is 0.919. The normalized spacial score (nSPS) is 17.3. The van der Waals surface area contributed by atoms with Gasteiger partial charge in [-0.3, -0.25) is 10.1 Å². The van der Waals surface area contributed by atoms with E-state index in [9.17, 15) is 4.79 Å². The predicted molar refractivity (Wildman–Crippen MR) is 94.5 cm³/mol. The summed E-state index contributed by atoms with van der Waals surface area (Å²) in [6.07, 6.45) is 4.86. The van der Waals surface area contributed by atoms with Crippen molar-refractivity contribution in [2.75, 3.05) is 5.32 Å². The Morgan fingerprint density at radius 2 is 2.08 bits per heavy atom. The van der Waals surface area contributed by atoms with Crippen LogP contribution < -0.4 is 5.32 Å². The zero-order valence-electron chi connectivity index (χ0n) is 13.2. The van der Waals surface area contributed by atoms with Gasteiger partial charge in [-0.15, -0.1) is 11.3 Å². The first kappa shape index (κ1) is 14.2. The number of nitrogens with zero attached hydrogens (tertiary/aromatic N) is 3. The van der Waals surface area contributed by atoms with E-state index in [-0.39, 0.29) is 5.91 Å². The van der Waals surface area contributed by atoms with Crippen LogP contribution in [0.1, 0.15) is 47.0 Å². The molecule has 0 bridgehead atoms. The number of aromatic nitrogens is 3. The van der Waals surface area contributed by atoms with E-state index in [1.807, 2.05) is 18.2 Å². The van der Waals surface area contributed by atoms with E-state index < -0.39 is 0 Å². The highest BCUT2D eigenvalue weighted by molar-refractivity contribution is 7.10. The van der Waals surface area contributed by atoms with Gasteiger partial charge in [-0.05, 0) is 49.7 Å². The summed E-state index contributed by atoms with van der Waals surface area (Å²) in [5.41, 5.74) is 4.36. The zero-order chi connectivity index (χ0) is 16.1. The van der Waals surface area contributed by atoms with Crippen molar-refractivity contribution < 1.29 is 4.79 Å². The van der Waals surface area contributed by atoms with E-state index in [4.69, 9.17) is 0 Å². The maximum atomic E-state index is 12.7. The Labute approximate surface area is 143 Å². The molecule has 1 aromatic carbocycles. The molecule has 2 heterocycles.